The quantitative estimate of drug-likeness (QED) is 0.405. The van der Waals surface area contributed by atoms with Gasteiger partial charge >= 0.3 is 0 Å². The third-order valence-electron chi connectivity index (χ3n) is 3.13. The Morgan fingerprint density at radius 2 is 1.96 bits per heavy atom. The highest BCUT2D eigenvalue weighted by atomic mass is 35.5. The zero-order chi connectivity index (χ0) is 17.7. The van der Waals surface area contributed by atoms with Crippen LogP contribution in [0.25, 0.3) is 0 Å². The first-order valence-electron chi connectivity index (χ1n) is 6.91. The molecule has 2 aromatic rings. The fourth-order valence-electron chi connectivity index (χ4n) is 2.03. The van der Waals surface area contributed by atoms with Gasteiger partial charge in [0.2, 0.25) is 5.12 Å². The number of halogens is 2. The van der Waals surface area contributed by atoms with Crippen LogP contribution >= 0.6 is 31.0 Å². The lowest BCUT2D eigenvalue weighted by atomic mass is 10.1. The average Bonchev–Trinajstić information content (AvgIpc) is 2.54. The highest BCUT2D eigenvalue weighted by Gasteiger charge is 2.19. The highest BCUT2D eigenvalue weighted by molar-refractivity contribution is 7.52. The second-order valence-electron chi connectivity index (χ2n) is 4.90. The Kier molecular flexibility index (Phi) is 6.46. The van der Waals surface area contributed by atoms with E-state index in [0.717, 1.165) is 0 Å². The molecule has 0 radical (unpaired) electrons. The number of nitrogens with one attached hydrogen (secondary N) is 1. The van der Waals surface area contributed by atoms with E-state index in [-0.39, 0.29) is 11.3 Å². The minimum absolute atomic E-state index is 0.0393. The number of aromatic hydroxyl groups is 1. The van der Waals surface area contributed by atoms with Crippen LogP contribution in [-0.4, -0.2) is 22.3 Å². The molecule has 0 spiro atoms. The Morgan fingerprint density at radius 3 is 2.62 bits per heavy atom. The molecule has 1 unspecified atom stereocenters. The summed E-state index contributed by atoms with van der Waals surface area (Å²) in [5.74, 6) is 0.787. The van der Waals surface area contributed by atoms with Gasteiger partial charge in [0.25, 0.3) is 5.91 Å². The van der Waals surface area contributed by atoms with Gasteiger partial charge in [-0.15, -0.1) is 0 Å². The van der Waals surface area contributed by atoms with Gasteiger partial charge in [0.05, 0.1) is 13.3 Å². The number of phenols is 1. The van der Waals surface area contributed by atoms with E-state index in [1.165, 1.54) is 17.9 Å². The van der Waals surface area contributed by atoms with Gasteiger partial charge in [-0.1, -0.05) is 47.5 Å². The molecule has 4 N–H and O–H groups in total. The van der Waals surface area contributed by atoms with Crippen LogP contribution in [0.5, 0.6) is 5.75 Å². The van der Waals surface area contributed by atoms with E-state index in [2.05, 4.69) is 5.32 Å². The number of amides is 1. The van der Waals surface area contributed by atoms with Gasteiger partial charge in [0.15, 0.2) is 5.50 Å². The Balaban J connectivity index is 2.14. The van der Waals surface area contributed by atoms with E-state index in [1.807, 2.05) is 0 Å². The number of hydrogen-bond donors (Lipinski definition) is 3. The number of primary amides is 1. The molecule has 0 saturated heterocycles. The van der Waals surface area contributed by atoms with Crippen LogP contribution < -0.4 is 15.9 Å². The van der Waals surface area contributed by atoms with Crippen molar-refractivity contribution in [1.29, 1.82) is 0 Å². The average molecular weight is 385 g/mol. The normalized spacial score (nSPS) is 14.0. The Labute approximate surface area is 150 Å². The van der Waals surface area contributed by atoms with Gasteiger partial charge < -0.3 is 21.1 Å². The summed E-state index contributed by atoms with van der Waals surface area (Å²) in [6.07, 6.45) is 0. The molecule has 0 aliphatic rings. The number of anilines is 1. The van der Waals surface area contributed by atoms with Crippen molar-refractivity contribution in [3.05, 3.63) is 59.7 Å². The van der Waals surface area contributed by atoms with Gasteiger partial charge in [0, 0.05) is 11.3 Å². The monoisotopic (exact) mass is 384 g/mol. The summed E-state index contributed by atoms with van der Waals surface area (Å²) >= 11 is 12.3. The molecule has 0 saturated carbocycles. The van der Waals surface area contributed by atoms with Gasteiger partial charge in [-0.25, -0.2) is 0 Å². The van der Waals surface area contributed by atoms with Gasteiger partial charge in [0.1, 0.15) is 11.5 Å². The van der Waals surface area contributed by atoms with Crippen LogP contribution in [-0.2, 0) is 0 Å². The third-order valence-corrected chi connectivity index (χ3v) is 5.71. The number of nitrogens with two attached hydrogens (primary N) is 1. The molecule has 0 aliphatic heterocycles. The second-order valence-corrected chi connectivity index (χ2v) is 7.64. The van der Waals surface area contributed by atoms with Crippen LogP contribution in [0.2, 0.25) is 0 Å². The van der Waals surface area contributed by atoms with Crippen LogP contribution in [0.1, 0.15) is 21.0 Å². The first-order valence-corrected chi connectivity index (χ1v) is 9.18. The van der Waals surface area contributed by atoms with Gasteiger partial charge in [-0.05, 0) is 24.3 Å². The minimum atomic E-state index is -2.02. The van der Waals surface area contributed by atoms with Crippen LogP contribution in [0.3, 0.4) is 0 Å². The first-order chi connectivity index (χ1) is 11.4. The summed E-state index contributed by atoms with van der Waals surface area (Å²) in [4.78, 5) is 23.7. The summed E-state index contributed by atoms with van der Waals surface area (Å²) in [5, 5.41) is 11.5. The zero-order valence-electron chi connectivity index (χ0n) is 12.4. The molecular weight excluding hydrogens is 370 g/mol. The van der Waals surface area contributed by atoms with Crippen molar-refractivity contribution in [1.82, 2.24) is 0 Å². The van der Waals surface area contributed by atoms with Gasteiger partial charge in [-0.3, -0.25) is 4.79 Å². The maximum atomic E-state index is 12.3. The first kappa shape index (κ1) is 18.6. The number of hydrogen-bond acceptors (Lipinski definition) is 4. The smallest absolute Gasteiger partial charge is 0.250 e. The molecule has 0 bridgehead atoms. The topological polar surface area (TPSA) is 98.4 Å². The molecule has 0 aliphatic carbocycles. The molecule has 24 heavy (non-hydrogen) atoms. The molecule has 0 aromatic heterocycles. The molecule has 126 valence electrons. The lowest BCUT2D eigenvalue weighted by Crippen LogP contribution is -2.19. The molecule has 0 heterocycles. The Bertz CT molecular complexity index is 770. The van der Waals surface area contributed by atoms with Gasteiger partial charge in [-0.2, -0.15) is 0 Å². The molecule has 1 amide bonds. The molecule has 2 rings (SSSR count). The summed E-state index contributed by atoms with van der Waals surface area (Å²) < 4.78 is 0. The SMILES string of the molecule is NC(=O)c1ccccc1N[C@@H](Cl)/C=[P+](\[O-])[C@@H](Cl)c1cccc(O)c1. The maximum absolute atomic E-state index is 12.3. The van der Waals surface area contributed by atoms with Crippen molar-refractivity contribution in [3.8, 4) is 5.75 Å². The number of phenolic OH excluding ortho intramolecular Hbond substituents is 1. The summed E-state index contributed by atoms with van der Waals surface area (Å²) in [7, 11) is -2.02. The number of carbonyl (C=O) groups is 1. The summed E-state index contributed by atoms with van der Waals surface area (Å²) in [6.45, 7) is 0. The van der Waals surface area contributed by atoms with Crippen molar-refractivity contribution in [2.24, 2.45) is 5.73 Å². The minimum Gasteiger partial charge on any atom is -0.629 e. The standard InChI is InChI=1S/C16H15Cl2N2O3P/c17-14(20-13-7-2-1-6-12(13)16(19)22)9-24(23)15(18)10-4-3-5-11(21)8-10/h1-9,14-15,20-21H,(H2,19,22)/t14-,15-/m1/s1. The van der Waals surface area contributed by atoms with E-state index in [1.54, 1.807) is 36.4 Å². The van der Waals surface area contributed by atoms with E-state index >= 15 is 0 Å². The largest absolute Gasteiger partial charge is 0.629 e. The predicted octanol–water partition coefficient (Wildman–Crippen LogP) is 2.96. The van der Waals surface area contributed by atoms with E-state index < -0.39 is 24.3 Å². The highest BCUT2D eigenvalue weighted by Crippen LogP contribution is 2.40. The molecule has 3 atom stereocenters. The molecule has 8 heteroatoms. The number of carbonyl (C=O) groups excluding carboxylic acids is 1. The number of para-hydroxylation sites is 1. The van der Waals surface area contributed by atoms with E-state index in [9.17, 15) is 14.8 Å². The fraction of sp³-hybridized carbons (Fsp3) is 0.125. The van der Waals surface area contributed by atoms with Crippen LogP contribution in [0, 0.1) is 0 Å². The fourth-order valence-corrected chi connectivity index (χ4v) is 3.75. The van der Waals surface area contributed by atoms with Crippen molar-refractivity contribution in [2.45, 2.75) is 10.6 Å². The van der Waals surface area contributed by atoms with Crippen molar-refractivity contribution >= 4 is 48.4 Å². The molecule has 0 fully saturated rings. The molecule has 5 nitrogen and oxygen atoms in total. The number of benzene rings is 2. The maximum Gasteiger partial charge on any atom is 0.250 e. The molecule has 2 aromatic carbocycles. The van der Waals surface area contributed by atoms with Crippen molar-refractivity contribution < 1.29 is 14.8 Å². The summed E-state index contributed by atoms with van der Waals surface area (Å²) in [6, 6.07) is 12.8. The Morgan fingerprint density at radius 1 is 1.25 bits per heavy atom. The molecular formula is C16H15Cl2N2O3P. The van der Waals surface area contributed by atoms with E-state index in [0.29, 0.717) is 11.3 Å². The number of rotatable bonds is 6. The second kappa shape index (κ2) is 8.36. The lowest BCUT2D eigenvalue weighted by molar-refractivity contribution is -0.153. The lowest BCUT2D eigenvalue weighted by Gasteiger charge is -2.13. The van der Waals surface area contributed by atoms with E-state index in [4.69, 9.17) is 28.9 Å². The number of alkyl halides is 2. The summed E-state index contributed by atoms with van der Waals surface area (Å²) in [5.41, 5.74) is 5.71. The van der Waals surface area contributed by atoms with Crippen molar-refractivity contribution in [3.63, 3.8) is 0 Å². The van der Waals surface area contributed by atoms with Crippen molar-refractivity contribution in [2.75, 3.05) is 5.32 Å². The van der Waals surface area contributed by atoms with Crippen LogP contribution in [0.4, 0.5) is 5.69 Å². The predicted molar refractivity (Wildman–Crippen MR) is 97.9 cm³/mol. The Hall–Kier alpha value is -1.78. The third kappa shape index (κ3) is 4.86. The zero-order valence-corrected chi connectivity index (χ0v) is 14.8. The van der Waals surface area contributed by atoms with Crippen LogP contribution in [0.15, 0.2) is 48.5 Å².